The van der Waals surface area contributed by atoms with E-state index in [4.69, 9.17) is 10.5 Å². The van der Waals surface area contributed by atoms with Gasteiger partial charge in [-0.3, -0.25) is 19.2 Å². The molecule has 3 rings (SSSR count). The van der Waals surface area contributed by atoms with Gasteiger partial charge in [0.1, 0.15) is 18.7 Å². The minimum Gasteiger partial charge on any atom is -0.445 e. The molecule has 0 bridgehead atoms. The highest BCUT2D eigenvalue weighted by atomic mass is 16.5. The van der Waals surface area contributed by atoms with Gasteiger partial charge in [-0.2, -0.15) is 0 Å². The van der Waals surface area contributed by atoms with E-state index in [1.807, 2.05) is 0 Å². The maximum atomic E-state index is 13.6. The monoisotopic (exact) mass is 611 g/mol. The number of rotatable bonds is 14. The van der Waals surface area contributed by atoms with Gasteiger partial charge in [-0.15, -0.1) is 0 Å². The summed E-state index contributed by atoms with van der Waals surface area (Å²) in [5, 5.41) is 28.5. The lowest BCUT2D eigenvalue weighted by atomic mass is 9.99. The minimum absolute atomic E-state index is 0.0173. The number of nitrogens with two attached hydrogens (primary N) is 1. The van der Waals surface area contributed by atoms with Crippen LogP contribution in [0.2, 0.25) is 0 Å². The Morgan fingerprint density at radius 3 is 2.20 bits per heavy atom. The van der Waals surface area contributed by atoms with Crippen molar-refractivity contribution in [2.24, 2.45) is 5.73 Å². The molecule has 2 aromatic carbocycles. The lowest BCUT2D eigenvalue weighted by molar-refractivity contribution is -0.147. The summed E-state index contributed by atoms with van der Waals surface area (Å²) in [5.74, 6) is -2.98. The summed E-state index contributed by atoms with van der Waals surface area (Å²) < 4.78 is 5.18. The quantitative estimate of drug-likeness (QED) is 0.173. The number of aliphatic hydroxyl groups is 2. The second-order valence-corrected chi connectivity index (χ2v) is 11.4. The molecule has 1 aliphatic rings. The van der Waals surface area contributed by atoms with E-state index in [1.165, 1.54) is 4.90 Å². The summed E-state index contributed by atoms with van der Waals surface area (Å²) in [5.41, 5.74) is 5.82. The molecule has 1 aliphatic heterocycles. The molecule has 0 aliphatic carbocycles. The lowest BCUT2D eigenvalue weighted by Crippen LogP contribution is -2.59. The highest BCUT2D eigenvalue weighted by molar-refractivity contribution is 5.93. The third-order valence-corrected chi connectivity index (χ3v) is 7.18. The standard InChI is InChI=1S/C31H41N5O8/c1-31(2,19-37)35-28(41)24-14-9-15-36(24)29(42)26(39)22(16-20-10-5-3-6-11-20)33-27(40)23(17-25(32)38)34-30(43)44-18-21-12-7-4-8-13-21/h3-8,10-13,22-24,26,37,39H,9,14-19H2,1-2H3,(H2,32,38)(H,33,40)(H,34,43)(H,35,41)/t22?,23-,24-,26?/m0/s1. The molecule has 2 unspecified atom stereocenters. The van der Waals surface area contributed by atoms with E-state index in [-0.39, 0.29) is 26.2 Å². The summed E-state index contributed by atoms with van der Waals surface area (Å²) in [6.45, 7) is 3.09. The summed E-state index contributed by atoms with van der Waals surface area (Å²) >= 11 is 0. The number of ether oxygens (including phenoxy) is 1. The van der Waals surface area contributed by atoms with E-state index in [0.29, 0.717) is 24.0 Å². The average molecular weight is 612 g/mol. The largest absolute Gasteiger partial charge is 0.445 e. The summed E-state index contributed by atoms with van der Waals surface area (Å²) in [6, 6.07) is 14.1. The number of carbonyl (C=O) groups is 5. The molecular weight excluding hydrogens is 570 g/mol. The zero-order valence-corrected chi connectivity index (χ0v) is 24.9. The van der Waals surface area contributed by atoms with Gasteiger partial charge in [0.05, 0.1) is 24.6 Å². The molecular formula is C31H41N5O8. The van der Waals surface area contributed by atoms with Crippen LogP contribution in [0.1, 0.15) is 44.2 Å². The molecule has 1 saturated heterocycles. The smallest absolute Gasteiger partial charge is 0.408 e. The van der Waals surface area contributed by atoms with Gasteiger partial charge in [-0.05, 0) is 44.2 Å². The van der Waals surface area contributed by atoms with Gasteiger partial charge in [-0.25, -0.2) is 4.79 Å². The van der Waals surface area contributed by atoms with Gasteiger partial charge in [0.2, 0.25) is 17.7 Å². The van der Waals surface area contributed by atoms with Crippen LogP contribution in [0.4, 0.5) is 4.79 Å². The summed E-state index contributed by atoms with van der Waals surface area (Å²) in [6.07, 6.45) is -2.42. The van der Waals surface area contributed by atoms with Gasteiger partial charge >= 0.3 is 6.09 Å². The van der Waals surface area contributed by atoms with Crippen LogP contribution in [0.5, 0.6) is 0 Å². The molecule has 44 heavy (non-hydrogen) atoms. The van der Waals surface area contributed by atoms with E-state index >= 15 is 0 Å². The molecule has 0 saturated carbocycles. The Morgan fingerprint density at radius 1 is 1.00 bits per heavy atom. The van der Waals surface area contributed by atoms with Crippen molar-refractivity contribution in [3.8, 4) is 0 Å². The maximum absolute atomic E-state index is 13.6. The fourth-order valence-electron chi connectivity index (χ4n) is 4.81. The fourth-order valence-corrected chi connectivity index (χ4v) is 4.81. The van der Waals surface area contributed by atoms with Crippen molar-refractivity contribution in [1.82, 2.24) is 20.9 Å². The van der Waals surface area contributed by atoms with E-state index in [2.05, 4.69) is 16.0 Å². The zero-order chi connectivity index (χ0) is 32.3. The van der Waals surface area contributed by atoms with E-state index in [1.54, 1.807) is 74.5 Å². The van der Waals surface area contributed by atoms with Gasteiger partial charge < -0.3 is 41.5 Å². The maximum Gasteiger partial charge on any atom is 0.408 e. The first-order valence-corrected chi connectivity index (χ1v) is 14.4. The van der Waals surface area contributed by atoms with Crippen LogP contribution in [0.3, 0.4) is 0 Å². The number of aliphatic hydroxyl groups excluding tert-OH is 2. The first kappa shape index (κ1) is 34.0. The van der Waals surface area contributed by atoms with Crippen molar-refractivity contribution in [3.05, 3.63) is 71.8 Å². The second-order valence-electron chi connectivity index (χ2n) is 11.4. The lowest BCUT2D eigenvalue weighted by Gasteiger charge is -2.32. The topological polar surface area (TPSA) is 200 Å². The first-order valence-electron chi connectivity index (χ1n) is 14.4. The molecule has 13 nitrogen and oxygen atoms in total. The van der Waals surface area contributed by atoms with Crippen molar-refractivity contribution >= 4 is 29.7 Å². The molecule has 0 spiro atoms. The number of nitrogens with zero attached hydrogens (tertiary/aromatic N) is 1. The fraction of sp³-hybridized carbons (Fsp3) is 0.452. The van der Waals surface area contributed by atoms with Crippen molar-refractivity contribution in [2.45, 2.75) is 75.9 Å². The van der Waals surface area contributed by atoms with E-state index in [9.17, 15) is 34.2 Å². The van der Waals surface area contributed by atoms with Gasteiger partial charge in [0.25, 0.3) is 5.91 Å². The molecule has 7 N–H and O–H groups in total. The van der Waals surface area contributed by atoms with Crippen molar-refractivity contribution in [3.63, 3.8) is 0 Å². The third kappa shape index (κ3) is 10.1. The number of primary amides is 1. The molecule has 13 heteroatoms. The second kappa shape index (κ2) is 15.8. The average Bonchev–Trinajstić information content (AvgIpc) is 3.50. The van der Waals surface area contributed by atoms with Gasteiger partial charge in [0, 0.05) is 6.54 Å². The number of hydrogen-bond donors (Lipinski definition) is 6. The number of alkyl carbamates (subject to hydrolysis) is 1. The van der Waals surface area contributed by atoms with Crippen molar-refractivity contribution in [1.29, 1.82) is 0 Å². The SMILES string of the molecule is CC(C)(CO)NC(=O)[C@@H]1CCCN1C(=O)C(O)C(Cc1ccccc1)NC(=O)[C@H](CC(N)=O)NC(=O)OCc1ccccc1. The van der Waals surface area contributed by atoms with E-state index in [0.717, 1.165) is 0 Å². The van der Waals surface area contributed by atoms with Crippen LogP contribution >= 0.6 is 0 Å². The number of benzene rings is 2. The van der Waals surface area contributed by atoms with Crippen LogP contribution in [0.15, 0.2) is 60.7 Å². The molecule has 1 fully saturated rings. The Labute approximate surface area is 256 Å². The first-order chi connectivity index (χ1) is 20.9. The Morgan fingerprint density at radius 2 is 1.61 bits per heavy atom. The Kier molecular flexibility index (Phi) is 12.2. The van der Waals surface area contributed by atoms with Gasteiger partial charge in [0.15, 0.2) is 6.10 Å². The van der Waals surface area contributed by atoms with Crippen LogP contribution in [0.25, 0.3) is 0 Å². The Balaban J connectivity index is 1.76. The third-order valence-electron chi connectivity index (χ3n) is 7.18. The van der Waals surface area contributed by atoms with E-state index < -0.39 is 65.9 Å². The molecule has 5 amide bonds. The highest BCUT2D eigenvalue weighted by Crippen LogP contribution is 2.21. The van der Waals surface area contributed by atoms with Crippen LogP contribution in [-0.2, 0) is 36.9 Å². The number of hydrogen-bond acceptors (Lipinski definition) is 8. The highest BCUT2D eigenvalue weighted by Gasteiger charge is 2.41. The molecule has 4 atom stereocenters. The van der Waals surface area contributed by atoms with Crippen LogP contribution in [-0.4, -0.2) is 87.8 Å². The summed E-state index contributed by atoms with van der Waals surface area (Å²) in [7, 11) is 0. The van der Waals surface area contributed by atoms with Crippen molar-refractivity contribution in [2.75, 3.05) is 13.2 Å². The van der Waals surface area contributed by atoms with Crippen LogP contribution in [0, 0.1) is 0 Å². The van der Waals surface area contributed by atoms with Crippen molar-refractivity contribution < 1.29 is 38.9 Å². The molecule has 0 radical (unpaired) electrons. The predicted molar refractivity (Wildman–Crippen MR) is 159 cm³/mol. The molecule has 1 heterocycles. The number of carbonyl (C=O) groups excluding carboxylic acids is 5. The number of amides is 5. The molecule has 238 valence electrons. The predicted octanol–water partition coefficient (Wildman–Crippen LogP) is 0.123. The Hall–Kier alpha value is -4.49. The zero-order valence-electron chi connectivity index (χ0n) is 24.9. The molecule has 0 aromatic heterocycles. The van der Waals surface area contributed by atoms with Gasteiger partial charge in [-0.1, -0.05) is 60.7 Å². The van der Waals surface area contributed by atoms with Crippen LogP contribution < -0.4 is 21.7 Å². The summed E-state index contributed by atoms with van der Waals surface area (Å²) in [4.78, 5) is 65.5. The minimum atomic E-state index is -1.78. The Bertz CT molecular complexity index is 1290. The number of nitrogens with one attached hydrogen (secondary N) is 3. The normalized spacial score (nSPS) is 16.7. The molecule has 2 aromatic rings. The number of likely N-dealkylation sites (tertiary alicyclic amines) is 1.